The van der Waals surface area contributed by atoms with Crippen molar-refractivity contribution in [3.05, 3.63) is 0 Å². The van der Waals surface area contributed by atoms with Gasteiger partial charge in [-0.3, -0.25) is 4.79 Å². The average Bonchev–Trinajstić information content (AvgIpc) is 2.17. The highest BCUT2D eigenvalue weighted by Gasteiger charge is 2.19. The van der Waals surface area contributed by atoms with Crippen LogP contribution in [0.4, 0.5) is 0 Å². The fraction of sp³-hybridized carbons (Fsp3) is 0.750. The Morgan fingerprint density at radius 3 is 2.43 bits per heavy atom. The third kappa shape index (κ3) is 1.55. The second kappa shape index (κ2) is 1.50. The third-order valence-electron chi connectivity index (χ3n) is 0.664. The van der Waals surface area contributed by atoms with Crippen LogP contribution in [-0.4, -0.2) is 24.1 Å². The Balaban J connectivity index is 2.08. The lowest BCUT2D eigenvalue weighted by Gasteiger charge is -1.94. The van der Waals surface area contributed by atoms with Crippen LogP contribution in [0, 0.1) is 0 Å². The van der Waals surface area contributed by atoms with Gasteiger partial charge < -0.3 is 4.84 Å². The largest absolute Gasteiger partial charge is 0.368 e. The molecule has 3 nitrogen and oxygen atoms in total. The summed E-state index contributed by atoms with van der Waals surface area (Å²) < 4.78 is 0. The van der Waals surface area contributed by atoms with Crippen LogP contribution in [-0.2, 0) is 9.63 Å². The van der Waals surface area contributed by atoms with Crippen molar-refractivity contribution in [3.63, 3.8) is 0 Å². The van der Waals surface area contributed by atoms with Gasteiger partial charge in [-0.05, 0) is 0 Å². The summed E-state index contributed by atoms with van der Waals surface area (Å²) in [6.45, 7) is 3.21. The minimum absolute atomic E-state index is 0.225. The van der Waals surface area contributed by atoms with E-state index in [1.165, 1.54) is 6.92 Å². The Labute approximate surface area is 41.8 Å². The summed E-state index contributed by atoms with van der Waals surface area (Å²) in [6, 6.07) is 0. The molecule has 1 aliphatic rings. The van der Waals surface area contributed by atoms with E-state index in [1.807, 2.05) is 0 Å². The van der Waals surface area contributed by atoms with Gasteiger partial charge in [0.2, 0.25) is 0 Å². The van der Waals surface area contributed by atoms with Crippen LogP contribution in [0.2, 0.25) is 0 Å². The number of carbonyl (C=O) groups is 1. The van der Waals surface area contributed by atoms with Crippen molar-refractivity contribution >= 4 is 5.97 Å². The molecule has 1 heterocycles. The molecule has 0 spiro atoms. The minimum atomic E-state index is -0.225. The Morgan fingerprint density at radius 1 is 1.71 bits per heavy atom. The predicted octanol–water partition coefficient (Wildman–Crippen LogP) is -0.220. The SMILES string of the molecule is CC(=O)ON1CC1. The molecule has 0 unspecified atom stereocenters. The smallest absolute Gasteiger partial charge is 0.322 e. The Kier molecular flexibility index (Phi) is 0.982. The summed E-state index contributed by atoms with van der Waals surface area (Å²) in [5.41, 5.74) is 0. The fourth-order valence-electron chi connectivity index (χ4n) is 0.314. The van der Waals surface area contributed by atoms with Crippen LogP contribution >= 0.6 is 0 Å². The van der Waals surface area contributed by atoms with E-state index in [2.05, 4.69) is 4.84 Å². The van der Waals surface area contributed by atoms with Gasteiger partial charge in [-0.1, -0.05) is 0 Å². The maximum Gasteiger partial charge on any atom is 0.322 e. The number of hydrogen-bond donors (Lipinski definition) is 0. The van der Waals surface area contributed by atoms with Crippen molar-refractivity contribution in [2.75, 3.05) is 13.1 Å². The molecule has 0 atom stereocenters. The summed E-state index contributed by atoms with van der Waals surface area (Å²) in [5, 5.41) is 1.60. The molecule has 0 amide bonds. The minimum Gasteiger partial charge on any atom is -0.368 e. The maximum absolute atomic E-state index is 10.0. The van der Waals surface area contributed by atoms with E-state index < -0.39 is 0 Å². The van der Waals surface area contributed by atoms with E-state index in [0.717, 1.165) is 13.1 Å². The average molecular weight is 101 g/mol. The van der Waals surface area contributed by atoms with Gasteiger partial charge in [-0.2, -0.15) is 0 Å². The molecule has 1 rings (SSSR count). The lowest BCUT2D eigenvalue weighted by Crippen LogP contribution is -2.03. The summed E-state index contributed by atoms with van der Waals surface area (Å²) in [6.07, 6.45) is 0. The lowest BCUT2D eigenvalue weighted by atomic mass is 10.8. The number of hydrogen-bond acceptors (Lipinski definition) is 3. The standard InChI is InChI=1S/C4H7NO2/c1-4(6)7-5-2-3-5/h2-3H2,1H3. The van der Waals surface area contributed by atoms with Crippen LogP contribution in [0.25, 0.3) is 0 Å². The molecule has 0 aliphatic carbocycles. The summed E-state index contributed by atoms with van der Waals surface area (Å²) in [4.78, 5) is 14.6. The molecule has 1 aliphatic heterocycles. The zero-order valence-corrected chi connectivity index (χ0v) is 4.18. The van der Waals surface area contributed by atoms with E-state index in [4.69, 9.17) is 0 Å². The molecule has 0 radical (unpaired) electrons. The maximum atomic E-state index is 10.0. The second-order valence-electron chi connectivity index (χ2n) is 1.51. The first-order valence-corrected chi connectivity index (χ1v) is 2.22. The highest BCUT2D eigenvalue weighted by Crippen LogP contribution is 2.02. The van der Waals surface area contributed by atoms with Crippen LogP contribution in [0.5, 0.6) is 0 Å². The van der Waals surface area contributed by atoms with Crippen molar-refractivity contribution in [1.82, 2.24) is 5.06 Å². The molecule has 0 aromatic heterocycles. The molecule has 1 saturated heterocycles. The van der Waals surface area contributed by atoms with Crippen LogP contribution in [0.3, 0.4) is 0 Å². The molecular formula is C4H7NO2. The van der Waals surface area contributed by atoms with E-state index in [9.17, 15) is 4.79 Å². The van der Waals surface area contributed by atoms with Crippen molar-refractivity contribution in [2.24, 2.45) is 0 Å². The number of nitrogens with zero attached hydrogens (tertiary/aromatic N) is 1. The van der Waals surface area contributed by atoms with Crippen LogP contribution in [0.15, 0.2) is 0 Å². The summed E-state index contributed by atoms with van der Waals surface area (Å²) in [5.74, 6) is -0.225. The van der Waals surface area contributed by atoms with E-state index in [1.54, 1.807) is 5.06 Å². The number of carbonyl (C=O) groups excluding carboxylic acids is 1. The monoisotopic (exact) mass is 101 g/mol. The zero-order chi connectivity index (χ0) is 5.28. The third-order valence-corrected chi connectivity index (χ3v) is 0.664. The molecule has 1 fully saturated rings. The van der Waals surface area contributed by atoms with E-state index in [0.29, 0.717) is 0 Å². The highest BCUT2D eigenvalue weighted by molar-refractivity contribution is 5.65. The zero-order valence-electron chi connectivity index (χ0n) is 4.18. The first-order valence-electron chi connectivity index (χ1n) is 2.22. The van der Waals surface area contributed by atoms with Gasteiger partial charge in [0.25, 0.3) is 0 Å². The quantitative estimate of drug-likeness (QED) is 0.427. The van der Waals surface area contributed by atoms with Gasteiger partial charge in [0, 0.05) is 6.92 Å². The summed E-state index contributed by atoms with van der Waals surface area (Å²) in [7, 11) is 0. The second-order valence-corrected chi connectivity index (χ2v) is 1.51. The molecule has 7 heavy (non-hydrogen) atoms. The van der Waals surface area contributed by atoms with Gasteiger partial charge >= 0.3 is 5.97 Å². The van der Waals surface area contributed by atoms with Crippen LogP contribution in [0.1, 0.15) is 6.92 Å². The topological polar surface area (TPSA) is 29.3 Å². The van der Waals surface area contributed by atoms with Crippen molar-refractivity contribution in [1.29, 1.82) is 0 Å². The Bertz CT molecular complexity index is 87.7. The van der Waals surface area contributed by atoms with Crippen LogP contribution < -0.4 is 0 Å². The van der Waals surface area contributed by atoms with Crippen molar-refractivity contribution in [3.8, 4) is 0 Å². The number of rotatable bonds is 1. The molecule has 0 N–H and O–H groups in total. The molecule has 3 heteroatoms. The molecule has 0 saturated carbocycles. The van der Waals surface area contributed by atoms with Crippen molar-refractivity contribution < 1.29 is 9.63 Å². The molecular weight excluding hydrogens is 94.0 g/mol. The first kappa shape index (κ1) is 4.59. The van der Waals surface area contributed by atoms with Gasteiger partial charge in [-0.25, -0.2) is 0 Å². The van der Waals surface area contributed by atoms with Crippen molar-refractivity contribution in [2.45, 2.75) is 6.92 Å². The van der Waals surface area contributed by atoms with E-state index >= 15 is 0 Å². The van der Waals surface area contributed by atoms with Gasteiger partial charge in [0.05, 0.1) is 13.1 Å². The molecule has 0 bridgehead atoms. The predicted molar refractivity (Wildman–Crippen MR) is 23.3 cm³/mol. The lowest BCUT2D eigenvalue weighted by molar-refractivity contribution is -0.162. The molecule has 0 aromatic carbocycles. The van der Waals surface area contributed by atoms with Gasteiger partial charge in [-0.15, -0.1) is 5.06 Å². The number of hydroxylamine groups is 2. The first-order chi connectivity index (χ1) is 3.29. The Hall–Kier alpha value is -0.570. The van der Waals surface area contributed by atoms with E-state index in [-0.39, 0.29) is 5.97 Å². The normalized spacial score (nSPS) is 19.0. The summed E-state index contributed by atoms with van der Waals surface area (Å²) >= 11 is 0. The highest BCUT2D eigenvalue weighted by atomic mass is 16.7. The molecule has 0 aromatic rings. The fourth-order valence-corrected chi connectivity index (χ4v) is 0.314. The molecule has 40 valence electrons. The van der Waals surface area contributed by atoms with Gasteiger partial charge in [0.1, 0.15) is 0 Å². The Morgan fingerprint density at radius 2 is 2.29 bits per heavy atom. The van der Waals surface area contributed by atoms with Gasteiger partial charge in [0.15, 0.2) is 0 Å².